The second kappa shape index (κ2) is 7.78. The van der Waals surface area contributed by atoms with Crippen molar-refractivity contribution in [2.75, 3.05) is 20.7 Å². The highest BCUT2D eigenvalue weighted by Crippen LogP contribution is 1.87. The molecule has 6 heteroatoms. The molecule has 0 spiro atoms. The standard InChI is InChI=1S/C9H17N3O3/c1-4-5-6-15-8(13)7-10-11-9(14)12(2)3/h7H,4-6H2,1-3H3,(H,11,14)/b10-7+. The molecule has 1 N–H and O–H groups in total. The predicted molar refractivity (Wildman–Crippen MR) is 56.6 cm³/mol. The SMILES string of the molecule is CCCCOC(=O)/C=N/NC(=O)N(C)C. The number of amides is 2. The average Bonchev–Trinajstić information content (AvgIpc) is 2.18. The summed E-state index contributed by atoms with van der Waals surface area (Å²) in [5, 5.41) is 3.43. The molecular weight excluding hydrogens is 198 g/mol. The number of ether oxygens (including phenoxy) is 1. The van der Waals surface area contributed by atoms with Crippen LogP contribution in [0.1, 0.15) is 19.8 Å². The summed E-state index contributed by atoms with van der Waals surface area (Å²) in [4.78, 5) is 23.2. The Morgan fingerprint density at radius 2 is 2.13 bits per heavy atom. The second-order valence-electron chi connectivity index (χ2n) is 3.09. The molecular formula is C9H17N3O3. The number of carbonyl (C=O) groups excluding carboxylic acids is 2. The van der Waals surface area contributed by atoms with E-state index in [0.29, 0.717) is 6.61 Å². The van der Waals surface area contributed by atoms with Crippen LogP contribution in [-0.4, -0.2) is 43.8 Å². The maximum absolute atomic E-state index is 10.9. The smallest absolute Gasteiger partial charge is 0.351 e. The lowest BCUT2D eigenvalue weighted by molar-refractivity contribution is -0.135. The first-order valence-corrected chi connectivity index (χ1v) is 4.75. The quantitative estimate of drug-likeness (QED) is 0.316. The number of hydrogen-bond acceptors (Lipinski definition) is 4. The third-order valence-corrected chi connectivity index (χ3v) is 1.48. The lowest BCUT2D eigenvalue weighted by Crippen LogP contribution is -2.31. The summed E-state index contributed by atoms with van der Waals surface area (Å²) in [6, 6.07) is -0.396. The van der Waals surface area contributed by atoms with Gasteiger partial charge in [-0.05, 0) is 6.42 Å². The molecule has 0 bridgehead atoms. The van der Waals surface area contributed by atoms with Gasteiger partial charge >= 0.3 is 12.0 Å². The van der Waals surface area contributed by atoms with E-state index in [9.17, 15) is 9.59 Å². The Morgan fingerprint density at radius 1 is 1.47 bits per heavy atom. The first-order chi connectivity index (χ1) is 7.07. The normalized spacial score (nSPS) is 10.1. The number of hydrogen-bond donors (Lipinski definition) is 1. The lowest BCUT2D eigenvalue weighted by Gasteiger charge is -2.07. The van der Waals surface area contributed by atoms with Crippen molar-refractivity contribution in [2.45, 2.75) is 19.8 Å². The maximum atomic E-state index is 10.9. The Balaban J connectivity index is 3.67. The van der Waals surface area contributed by atoms with Gasteiger partial charge in [0.25, 0.3) is 0 Å². The van der Waals surface area contributed by atoms with E-state index in [0.717, 1.165) is 19.1 Å². The molecule has 0 aromatic carbocycles. The Morgan fingerprint density at radius 3 is 2.67 bits per heavy atom. The molecule has 0 fully saturated rings. The number of rotatable bonds is 5. The van der Waals surface area contributed by atoms with Crippen LogP contribution < -0.4 is 5.43 Å². The van der Waals surface area contributed by atoms with Gasteiger partial charge in [0.2, 0.25) is 0 Å². The van der Waals surface area contributed by atoms with E-state index >= 15 is 0 Å². The molecule has 0 rings (SSSR count). The van der Waals surface area contributed by atoms with E-state index < -0.39 is 12.0 Å². The van der Waals surface area contributed by atoms with Gasteiger partial charge in [-0.25, -0.2) is 15.0 Å². The Kier molecular flexibility index (Phi) is 6.96. The van der Waals surface area contributed by atoms with Gasteiger partial charge in [-0.3, -0.25) is 0 Å². The highest BCUT2D eigenvalue weighted by molar-refractivity contribution is 6.23. The topological polar surface area (TPSA) is 71.0 Å². The van der Waals surface area contributed by atoms with Crippen molar-refractivity contribution in [3.05, 3.63) is 0 Å². The van der Waals surface area contributed by atoms with Gasteiger partial charge in [-0.2, -0.15) is 5.10 Å². The number of nitrogens with one attached hydrogen (secondary N) is 1. The zero-order valence-corrected chi connectivity index (χ0v) is 9.32. The predicted octanol–water partition coefficient (Wildman–Crippen LogP) is 0.587. The summed E-state index contributed by atoms with van der Waals surface area (Å²) < 4.78 is 4.77. The summed E-state index contributed by atoms with van der Waals surface area (Å²) in [5.41, 5.74) is 2.16. The Hall–Kier alpha value is -1.59. The minimum atomic E-state index is -0.553. The zero-order valence-electron chi connectivity index (χ0n) is 9.32. The monoisotopic (exact) mass is 215 g/mol. The first-order valence-electron chi connectivity index (χ1n) is 4.75. The number of nitrogens with zero attached hydrogens (tertiary/aromatic N) is 2. The van der Waals surface area contributed by atoms with Gasteiger partial charge in [0.1, 0.15) is 6.21 Å². The fourth-order valence-electron chi connectivity index (χ4n) is 0.595. The van der Waals surface area contributed by atoms with Gasteiger partial charge in [-0.15, -0.1) is 0 Å². The number of hydrazone groups is 1. The summed E-state index contributed by atoms with van der Waals surface area (Å²) in [6.45, 7) is 2.38. The van der Waals surface area contributed by atoms with Crippen LogP contribution in [0, 0.1) is 0 Å². The minimum Gasteiger partial charge on any atom is -0.461 e. The van der Waals surface area contributed by atoms with Crippen molar-refractivity contribution in [1.82, 2.24) is 10.3 Å². The average molecular weight is 215 g/mol. The fraction of sp³-hybridized carbons (Fsp3) is 0.667. The van der Waals surface area contributed by atoms with Gasteiger partial charge in [0.05, 0.1) is 6.61 Å². The van der Waals surface area contributed by atoms with E-state index in [1.807, 2.05) is 6.92 Å². The van der Waals surface area contributed by atoms with Crippen molar-refractivity contribution < 1.29 is 14.3 Å². The van der Waals surface area contributed by atoms with Crippen LogP contribution in [0.2, 0.25) is 0 Å². The van der Waals surface area contributed by atoms with E-state index in [2.05, 4.69) is 10.5 Å². The minimum absolute atomic E-state index is 0.378. The molecule has 0 atom stereocenters. The molecule has 15 heavy (non-hydrogen) atoms. The van der Waals surface area contributed by atoms with E-state index in [4.69, 9.17) is 4.74 Å². The van der Waals surface area contributed by atoms with Crippen LogP contribution in [0.3, 0.4) is 0 Å². The van der Waals surface area contributed by atoms with Crippen molar-refractivity contribution in [3.63, 3.8) is 0 Å². The molecule has 0 aliphatic carbocycles. The molecule has 0 saturated heterocycles. The van der Waals surface area contributed by atoms with E-state index in [1.54, 1.807) is 14.1 Å². The third kappa shape index (κ3) is 7.48. The van der Waals surface area contributed by atoms with Crippen LogP contribution in [-0.2, 0) is 9.53 Å². The summed E-state index contributed by atoms with van der Waals surface area (Å²) in [7, 11) is 3.15. The molecule has 0 aliphatic rings. The molecule has 6 nitrogen and oxygen atoms in total. The molecule has 0 unspecified atom stereocenters. The number of esters is 1. The first kappa shape index (κ1) is 13.4. The molecule has 2 amide bonds. The molecule has 86 valence electrons. The largest absolute Gasteiger partial charge is 0.461 e. The van der Waals surface area contributed by atoms with Gasteiger partial charge in [0, 0.05) is 14.1 Å². The number of urea groups is 1. The van der Waals surface area contributed by atoms with Crippen LogP contribution in [0.4, 0.5) is 4.79 Å². The highest BCUT2D eigenvalue weighted by Gasteiger charge is 2.00. The van der Waals surface area contributed by atoms with Gasteiger partial charge in [0.15, 0.2) is 0 Å². The lowest BCUT2D eigenvalue weighted by atomic mass is 10.4. The molecule has 0 aliphatic heterocycles. The molecule has 0 aromatic rings. The number of unbranched alkanes of at least 4 members (excludes halogenated alkanes) is 1. The molecule has 0 radical (unpaired) electrons. The Bertz CT molecular complexity index is 239. The van der Waals surface area contributed by atoms with Crippen LogP contribution in [0.25, 0.3) is 0 Å². The third-order valence-electron chi connectivity index (χ3n) is 1.48. The molecule has 0 aromatic heterocycles. The van der Waals surface area contributed by atoms with E-state index in [-0.39, 0.29) is 0 Å². The summed E-state index contributed by atoms with van der Waals surface area (Å²) in [6.07, 6.45) is 2.72. The second-order valence-corrected chi connectivity index (χ2v) is 3.09. The summed E-state index contributed by atoms with van der Waals surface area (Å²) >= 11 is 0. The van der Waals surface area contributed by atoms with Crippen molar-refractivity contribution in [2.24, 2.45) is 5.10 Å². The highest BCUT2D eigenvalue weighted by atomic mass is 16.5. The van der Waals surface area contributed by atoms with Crippen LogP contribution >= 0.6 is 0 Å². The van der Waals surface area contributed by atoms with Crippen molar-refractivity contribution in [3.8, 4) is 0 Å². The van der Waals surface area contributed by atoms with Gasteiger partial charge < -0.3 is 9.64 Å². The number of carbonyl (C=O) groups is 2. The Labute approximate surface area is 89.3 Å². The maximum Gasteiger partial charge on any atom is 0.351 e. The molecule has 0 heterocycles. The zero-order chi connectivity index (χ0) is 11.7. The van der Waals surface area contributed by atoms with E-state index in [1.165, 1.54) is 4.90 Å². The van der Waals surface area contributed by atoms with Gasteiger partial charge in [-0.1, -0.05) is 13.3 Å². The summed E-state index contributed by atoms with van der Waals surface area (Å²) in [5.74, 6) is -0.553. The van der Waals surface area contributed by atoms with Crippen molar-refractivity contribution in [1.29, 1.82) is 0 Å². The van der Waals surface area contributed by atoms with Crippen LogP contribution in [0.15, 0.2) is 5.10 Å². The van der Waals surface area contributed by atoms with Crippen molar-refractivity contribution >= 4 is 18.2 Å². The fourth-order valence-corrected chi connectivity index (χ4v) is 0.595. The molecule has 0 saturated carbocycles. The van der Waals surface area contributed by atoms with Crippen LogP contribution in [0.5, 0.6) is 0 Å².